The Morgan fingerprint density at radius 1 is 1.50 bits per heavy atom. The molecule has 1 saturated heterocycles. The second-order valence-electron chi connectivity index (χ2n) is 4.61. The summed E-state index contributed by atoms with van der Waals surface area (Å²) in [5.41, 5.74) is 7.68. The first kappa shape index (κ1) is 12.9. The highest BCUT2D eigenvalue weighted by Gasteiger charge is 2.18. The van der Waals surface area contributed by atoms with Crippen molar-refractivity contribution >= 4 is 11.7 Å². The summed E-state index contributed by atoms with van der Waals surface area (Å²) in [6.45, 7) is 2.91. The van der Waals surface area contributed by atoms with Gasteiger partial charge in [-0.15, -0.1) is 0 Å². The van der Waals surface area contributed by atoms with Gasteiger partial charge in [-0.2, -0.15) is 0 Å². The molecule has 4 nitrogen and oxygen atoms in total. The number of carbonyl (C=O) groups is 1. The van der Waals surface area contributed by atoms with Gasteiger partial charge in [0.1, 0.15) is 6.61 Å². The van der Waals surface area contributed by atoms with Gasteiger partial charge in [-0.3, -0.25) is 0 Å². The predicted octanol–water partition coefficient (Wildman–Crippen LogP) is 2.30. The molecule has 0 spiro atoms. The van der Waals surface area contributed by atoms with E-state index in [4.69, 9.17) is 15.2 Å². The zero-order valence-electron chi connectivity index (χ0n) is 10.6. The van der Waals surface area contributed by atoms with Crippen molar-refractivity contribution in [1.29, 1.82) is 0 Å². The standard InChI is InChI=1S/C14H19NO3/c1-10-12(6-4-7-13(10)15)14(16)18-9-11-5-2-3-8-17-11/h4,6-7,11H,2-3,5,8-9,15H2,1H3. The van der Waals surface area contributed by atoms with E-state index in [2.05, 4.69) is 0 Å². The van der Waals surface area contributed by atoms with E-state index in [-0.39, 0.29) is 12.1 Å². The third-order valence-corrected chi connectivity index (χ3v) is 3.27. The molecule has 0 bridgehead atoms. The lowest BCUT2D eigenvalue weighted by Crippen LogP contribution is -2.26. The molecule has 18 heavy (non-hydrogen) atoms. The molecule has 2 rings (SSSR count). The molecule has 4 heteroatoms. The summed E-state index contributed by atoms with van der Waals surface area (Å²) < 4.78 is 10.8. The van der Waals surface area contributed by atoms with E-state index in [0.29, 0.717) is 17.9 Å². The van der Waals surface area contributed by atoms with Crippen LogP contribution < -0.4 is 5.73 Å². The Kier molecular flexibility index (Phi) is 4.20. The largest absolute Gasteiger partial charge is 0.459 e. The number of nitrogens with two attached hydrogens (primary N) is 1. The van der Waals surface area contributed by atoms with Crippen LogP contribution in [0.5, 0.6) is 0 Å². The Labute approximate surface area is 107 Å². The van der Waals surface area contributed by atoms with Crippen LogP contribution in [0.3, 0.4) is 0 Å². The topological polar surface area (TPSA) is 61.6 Å². The van der Waals surface area contributed by atoms with Crippen LogP contribution in [0, 0.1) is 6.92 Å². The Balaban J connectivity index is 1.93. The average molecular weight is 249 g/mol. The highest BCUT2D eigenvalue weighted by Crippen LogP contribution is 2.18. The van der Waals surface area contributed by atoms with Crippen molar-refractivity contribution in [3.63, 3.8) is 0 Å². The maximum Gasteiger partial charge on any atom is 0.338 e. The van der Waals surface area contributed by atoms with E-state index < -0.39 is 0 Å². The summed E-state index contributed by atoms with van der Waals surface area (Å²) in [6.07, 6.45) is 3.24. The lowest BCUT2D eigenvalue weighted by molar-refractivity contribution is -0.0300. The Bertz CT molecular complexity index is 425. The molecule has 0 radical (unpaired) electrons. The monoisotopic (exact) mass is 249 g/mol. The van der Waals surface area contributed by atoms with Crippen molar-refractivity contribution in [2.75, 3.05) is 18.9 Å². The van der Waals surface area contributed by atoms with Crippen LogP contribution in [0.2, 0.25) is 0 Å². The van der Waals surface area contributed by atoms with Crippen LogP contribution in [0.25, 0.3) is 0 Å². The first-order valence-electron chi connectivity index (χ1n) is 6.32. The number of hydrogen-bond donors (Lipinski definition) is 1. The van der Waals surface area contributed by atoms with E-state index in [1.165, 1.54) is 0 Å². The van der Waals surface area contributed by atoms with Crippen LogP contribution in [-0.4, -0.2) is 25.3 Å². The molecular weight excluding hydrogens is 230 g/mol. The number of ether oxygens (including phenoxy) is 2. The zero-order valence-corrected chi connectivity index (χ0v) is 10.6. The first-order chi connectivity index (χ1) is 8.68. The number of esters is 1. The molecule has 0 aromatic heterocycles. The number of anilines is 1. The third-order valence-electron chi connectivity index (χ3n) is 3.27. The van der Waals surface area contributed by atoms with Gasteiger partial charge in [0.15, 0.2) is 0 Å². The molecule has 1 fully saturated rings. The average Bonchev–Trinajstić information content (AvgIpc) is 2.40. The van der Waals surface area contributed by atoms with Gasteiger partial charge in [-0.05, 0) is 43.9 Å². The zero-order chi connectivity index (χ0) is 13.0. The van der Waals surface area contributed by atoms with Gasteiger partial charge >= 0.3 is 5.97 Å². The molecule has 1 aliphatic heterocycles. The summed E-state index contributed by atoms with van der Waals surface area (Å²) >= 11 is 0. The summed E-state index contributed by atoms with van der Waals surface area (Å²) in [7, 11) is 0. The molecule has 1 heterocycles. The molecule has 1 atom stereocenters. The van der Waals surface area contributed by atoms with Crippen LogP contribution in [0.4, 0.5) is 5.69 Å². The fourth-order valence-corrected chi connectivity index (χ4v) is 2.06. The minimum atomic E-state index is -0.325. The molecule has 98 valence electrons. The van der Waals surface area contributed by atoms with Gasteiger partial charge in [-0.1, -0.05) is 6.07 Å². The Hall–Kier alpha value is -1.55. The van der Waals surface area contributed by atoms with Gasteiger partial charge in [0.25, 0.3) is 0 Å². The highest BCUT2D eigenvalue weighted by atomic mass is 16.6. The van der Waals surface area contributed by atoms with Gasteiger partial charge in [0.2, 0.25) is 0 Å². The number of benzene rings is 1. The van der Waals surface area contributed by atoms with E-state index in [1.54, 1.807) is 18.2 Å². The van der Waals surface area contributed by atoms with Gasteiger partial charge in [0.05, 0.1) is 11.7 Å². The van der Waals surface area contributed by atoms with E-state index in [9.17, 15) is 4.79 Å². The minimum absolute atomic E-state index is 0.0454. The fourth-order valence-electron chi connectivity index (χ4n) is 2.06. The molecule has 1 aromatic rings. The molecular formula is C14H19NO3. The van der Waals surface area contributed by atoms with Crippen molar-refractivity contribution in [2.45, 2.75) is 32.3 Å². The Morgan fingerprint density at radius 3 is 3.06 bits per heavy atom. The number of rotatable bonds is 3. The summed E-state index contributed by atoms with van der Waals surface area (Å²) in [6, 6.07) is 5.27. The third kappa shape index (κ3) is 3.01. The van der Waals surface area contributed by atoms with Crippen molar-refractivity contribution in [2.24, 2.45) is 0 Å². The van der Waals surface area contributed by atoms with Crippen molar-refractivity contribution in [3.05, 3.63) is 29.3 Å². The Morgan fingerprint density at radius 2 is 2.33 bits per heavy atom. The lowest BCUT2D eigenvalue weighted by atomic mass is 10.1. The van der Waals surface area contributed by atoms with Crippen LogP contribution in [0.1, 0.15) is 35.2 Å². The van der Waals surface area contributed by atoms with E-state index in [1.807, 2.05) is 6.92 Å². The van der Waals surface area contributed by atoms with Crippen molar-refractivity contribution < 1.29 is 14.3 Å². The summed E-state index contributed by atoms with van der Waals surface area (Å²) in [4.78, 5) is 11.9. The van der Waals surface area contributed by atoms with Crippen LogP contribution in [0.15, 0.2) is 18.2 Å². The quantitative estimate of drug-likeness (QED) is 0.659. The molecule has 0 aliphatic carbocycles. The van der Waals surface area contributed by atoms with Crippen molar-refractivity contribution in [3.8, 4) is 0 Å². The normalized spacial score (nSPS) is 19.5. The number of carbonyl (C=O) groups excluding carboxylic acids is 1. The maximum atomic E-state index is 11.9. The van der Waals surface area contributed by atoms with E-state index in [0.717, 1.165) is 31.4 Å². The number of nitrogen functional groups attached to an aromatic ring is 1. The second-order valence-corrected chi connectivity index (χ2v) is 4.61. The molecule has 1 unspecified atom stereocenters. The van der Waals surface area contributed by atoms with Gasteiger partial charge in [-0.25, -0.2) is 4.79 Å². The number of hydrogen-bond acceptors (Lipinski definition) is 4. The fraction of sp³-hybridized carbons (Fsp3) is 0.500. The van der Waals surface area contributed by atoms with Crippen molar-refractivity contribution in [1.82, 2.24) is 0 Å². The SMILES string of the molecule is Cc1c(N)cccc1C(=O)OCC1CCCCO1. The maximum absolute atomic E-state index is 11.9. The van der Waals surface area contributed by atoms with Gasteiger partial charge in [0, 0.05) is 12.3 Å². The molecule has 0 amide bonds. The molecule has 0 saturated carbocycles. The second kappa shape index (κ2) is 5.87. The smallest absolute Gasteiger partial charge is 0.338 e. The van der Waals surface area contributed by atoms with Gasteiger partial charge < -0.3 is 15.2 Å². The highest BCUT2D eigenvalue weighted by molar-refractivity contribution is 5.92. The van der Waals surface area contributed by atoms with E-state index >= 15 is 0 Å². The van der Waals surface area contributed by atoms with Crippen LogP contribution >= 0.6 is 0 Å². The first-order valence-corrected chi connectivity index (χ1v) is 6.32. The molecule has 2 N–H and O–H groups in total. The van der Waals surface area contributed by atoms with Crippen LogP contribution in [-0.2, 0) is 9.47 Å². The molecule has 1 aliphatic rings. The predicted molar refractivity (Wildman–Crippen MR) is 69.5 cm³/mol. The molecule has 1 aromatic carbocycles. The summed E-state index contributed by atoms with van der Waals surface area (Å²) in [5.74, 6) is -0.325. The minimum Gasteiger partial charge on any atom is -0.459 e. The lowest BCUT2D eigenvalue weighted by Gasteiger charge is -2.22. The summed E-state index contributed by atoms with van der Waals surface area (Å²) in [5, 5.41) is 0.